The van der Waals surface area contributed by atoms with E-state index >= 15 is 0 Å². The Morgan fingerprint density at radius 2 is 2.19 bits per heavy atom. The Hall–Kier alpha value is -1.65. The number of anilines is 1. The Morgan fingerprint density at radius 3 is 3.05 bits per heavy atom. The molecule has 1 aromatic carbocycles. The van der Waals surface area contributed by atoms with Gasteiger partial charge < -0.3 is 5.32 Å². The van der Waals surface area contributed by atoms with E-state index in [2.05, 4.69) is 27.7 Å². The van der Waals surface area contributed by atoms with E-state index in [1.807, 2.05) is 37.3 Å². The second kappa shape index (κ2) is 6.00. The first-order valence-corrected chi connectivity index (χ1v) is 8.14. The number of fused-ring (bicyclic) bond motifs is 1. The molecule has 1 amide bonds. The monoisotopic (exact) mass is 300 g/mol. The van der Waals surface area contributed by atoms with E-state index in [9.17, 15) is 4.79 Å². The van der Waals surface area contributed by atoms with E-state index in [1.165, 1.54) is 10.4 Å². The van der Waals surface area contributed by atoms with Gasteiger partial charge in [0.25, 0.3) is 0 Å². The summed E-state index contributed by atoms with van der Waals surface area (Å²) in [6.07, 6.45) is 1.06. The van der Waals surface area contributed by atoms with Crippen LogP contribution in [0.15, 0.2) is 29.6 Å². The first kappa shape index (κ1) is 14.3. The molecule has 0 fully saturated rings. The molecule has 3 nitrogen and oxygen atoms in total. The molecule has 2 aromatic rings. The van der Waals surface area contributed by atoms with E-state index in [4.69, 9.17) is 0 Å². The third-order valence-electron chi connectivity index (χ3n) is 3.92. The summed E-state index contributed by atoms with van der Waals surface area (Å²) in [5, 5.41) is 5.18. The van der Waals surface area contributed by atoms with Crippen molar-refractivity contribution in [2.75, 3.05) is 18.4 Å². The van der Waals surface area contributed by atoms with E-state index in [1.54, 1.807) is 0 Å². The van der Waals surface area contributed by atoms with Crippen LogP contribution in [0.5, 0.6) is 0 Å². The van der Waals surface area contributed by atoms with Gasteiger partial charge in [0.1, 0.15) is 0 Å². The maximum absolute atomic E-state index is 12.2. The first-order valence-electron chi connectivity index (χ1n) is 7.26. The highest BCUT2D eigenvalue weighted by atomic mass is 32.1. The predicted molar refractivity (Wildman–Crippen MR) is 87.8 cm³/mol. The third kappa shape index (κ3) is 3.34. The van der Waals surface area contributed by atoms with Crippen LogP contribution >= 0.6 is 11.3 Å². The van der Waals surface area contributed by atoms with Gasteiger partial charge in [-0.15, -0.1) is 11.3 Å². The summed E-state index contributed by atoms with van der Waals surface area (Å²) in [5.41, 5.74) is 4.57. The molecule has 1 N–H and O–H groups in total. The minimum Gasteiger partial charge on any atom is -0.325 e. The van der Waals surface area contributed by atoms with Crippen LogP contribution in [0.2, 0.25) is 0 Å². The SMILES string of the molecule is Cc1ccc(C)c(NC(=O)CN2CCc3sccc3C2)c1. The number of amides is 1. The highest BCUT2D eigenvalue weighted by Crippen LogP contribution is 2.24. The van der Waals surface area contributed by atoms with E-state index in [0.717, 1.165) is 36.3 Å². The summed E-state index contributed by atoms with van der Waals surface area (Å²) < 4.78 is 0. The van der Waals surface area contributed by atoms with Crippen LogP contribution in [0, 0.1) is 13.8 Å². The second-order valence-electron chi connectivity index (χ2n) is 5.70. The van der Waals surface area contributed by atoms with Crippen molar-refractivity contribution in [3.05, 3.63) is 51.2 Å². The quantitative estimate of drug-likeness (QED) is 0.942. The Labute approximate surface area is 129 Å². The molecule has 0 saturated carbocycles. The molecule has 3 rings (SSSR count). The zero-order valence-electron chi connectivity index (χ0n) is 12.5. The number of carbonyl (C=O) groups excluding carboxylic acids is 1. The third-order valence-corrected chi connectivity index (χ3v) is 4.94. The van der Waals surface area contributed by atoms with Crippen LogP contribution in [0.1, 0.15) is 21.6 Å². The Balaban J connectivity index is 1.61. The minimum atomic E-state index is 0.0716. The van der Waals surface area contributed by atoms with Crippen molar-refractivity contribution < 1.29 is 4.79 Å². The van der Waals surface area contributed by atoms with Crippen molar-refractivity contribution >= 4 is 22.9 Å². The topological polar surface area (TPSA) is 32.3 Å². The summed E-state index contributed by atoms with van der Waals surface area (Å²) in [7, 11) is 0. The number of thiophene rings is 1. The molecule has 2 heterocycles. The Kier molecular flexibility index (Phi) is 4.08. The molecular weight excluding hydrogens is 280 g/mol. The number of nitrogens with zero attached hydrogens (tertiary/aromatic N) is 1. The average molecular weight is 300 g/mol. The molecule has 4 heteroatoms. The van der Waals surface area contributed by atoms with Crippen LogP contribution < -0.4 is 5.32 Å². The number of nitrogens with one attached hydrogen (secondary N) is 1. The molecule has 0 saturated heterocycles. The number of hydrogen-bond donors (Lipinski definition) is 1. The molecular formula is C17H20N2OS. The van der Waals surface area contributed by atoms with Crippen molar-refractivity contribution in [2.45, 2.75) is 26.8 Å². The van der Waals surface area contributed by atoms with Gasteiger partial charge in [0.05, 0.1) is 6.54 Å². The highest BCUT2D eigenvalue weighted by molar-refractivity contribution is 7.10. The zero-order chi connectivity index (χ0) is 14.8. The van der Waals surface area contributed by atoms with Gasteiger partial charge in [-0.1, -0.05) is 12.1 Å². The number of rotatable bonds is 3. The molecule has 0 spiro atoms. The summed E-state index contributed by atoms with van der Waals surface area (Å²) in [6.45, 7) is 6.38. The van der Waals surface area contributed by atoms with Gasteiger partial charge in [-0.25, -0.2) is 0 Å². The molecule has 1 aliphatic rings. The van der Waals surface area contributed by atoms with Crippen LogP contribution in [0.25, 0.3) is 0 Å². The molecule has 0 aliphatic carbocycles. The van der Waals surface area contributed by atoms with E-state index < -0.39 is 0 Å². The van der Waals surface area contributed by atoms with Crippen LogP contribution in [-0.4, -0.2) is 23.9 Å². The van der Waals surface area contributed by atoms with Crippen LogP contribution in [0.4, 0.5) is 5.69 Å². The first-order chi connectivity index (χ1) is 10.1. The van der Waals surface area contributed by atoms with Gasteiger partial charge >= 0.3 is 0 Å². The normalized spacial score (nSPS) is 14.8. The van der Waals surface area contributed by atoms with Crippen molar-refractivity contribution in [2.24, 2.45) is 0 Å². The molecule has 1 aromatic heterocycles. The zero-order valence-corrected chi connectivity index (χ0v) is 13.3. The highest BCUT2D eigenvalue weighted by Gasteiger charge is 2.19. The Morgan fingerprint density at radius 1 is 1.33 bits per heavy atom. The lowest BCUT2D eigenvalue weighted by Crippen LogP contribution is -2.36. The van der Waals surface area contributed by atoms with E-state index in [0.29, 0.717) is 6.54 Å². The summed E-state index contributed by atoms with van der Waals surface area (Å²) >= 11 is 1.83. The van der Waals surface area contributed by atoms with Gasteiger partial charge in [-0.3, -0.25) is 9.69 Å². The Bertz CT molecular complexity index is 663. The maximum Gasteiger partial charge on any atom is 0.238 e. The van der Waals surface area contributed by atoms with E-state index in [-0.39, 0.29) is 5.91 Å². The molecule has 21 heavy (non-hydrogen) atoms. The molecule has 0 atom stereocenters. The van der Waals surface area contributed by atoms with Gasteiger partial charge in [0.2, 0.25) is 5.91 Å². The lowest BCUT2D eigenvalue weighted by Gasteiger charge is -2.26. The van der Waals surface area contributed by atoms with Crippen molar-refractivity contribution in [3.8, 4) is 0 Å². The molecule has 110 valence electrons. The van der Waals surface area contributed by atoms with Gasteiger partial charge in [0.15, 0.2) is 0 Å². The van der Waals surface area contributed by atoms with Crippen molar-refractivity contribution in [1.82, 2.24) is 4.90 Å². The van der Waals surface area contributed by atoms with Gasteiger partial charge in [-0.05, 0) is 54.5 Å². The fourth-order valence-corrected chi connectivity index (χ4v) is 3.59. The average Bonchev–Trinajstić information content (AvgIpc) is 2.90. The molecule has 1 aliphatic heterocycles. The molecule has 0 unspecified atom stereocenters. The number of hydrogen-bond acceptors (Lipinski definition) is 3. The largest absolute Gasteiger partial charge is 0.325 e. The summed E-state index contributed by atoms with van der Waals surface area (Å²) in [6, 6.07) is 8.31. The standard InChI is InChI=1S/C17H20N2OS/c1-12-3-4-13(2)15(9-12)18-17(20)11-19-7-5-16-14(10-19)6-8-21-16/h3-4,6,8-9H,5,7,10-11H2,1-2H3,(H,18,20). The van der Waals surface area contributed by atoms with Crippen LogP contribution in [-0.2, 0) is 17.8 Å². The molecule has 0 bridgehead atoms. The number of benzene rings is 1. The fraction of sp³-hybridized carbons (Fsp3) is 0.353. The predicted octanol–water partition coefficient (Wildman–Crippen LogP) is 3.36. The second-order valence-corrected chi connectivity index (χ2v) is 6.70. The van der Waals surface area contributed by atoms with Crippen molar-refractivity contribution in [1.29, 1.82) is 0 Å². The van der Waals surface area contributed by atoms with Crippen molar-refractivity contribution in [3.63, 3.8) is 0 Å². The fourth-order valence-electron chi connectivity index (χ4n) is 2.71. The number of aryl methyl sites for hydroxylation is 2. The van der Waals surface area contributed by atoms with Gasteiger partial charge in [0, 0.05) is 23.7 Å². The molecule has 0 radical (unpaired) electrons. The lowest BCUT2D eigenvalue weighted by atomic mass is 10.1. The number of carbonyl (C=O) groups is 1. The van der Waals surface area contributed by atoms with Crippen LogP contribution in [0.3, 0.4) is 0 Å². The smallest absolute Gasteiger partial charge is 0.238 e. The maximum atomic E-state index is 12.2. The summed E-state index contributed by atoms with van der Waals surface area (Å²) in [5.74, 6) is 0.0716. The minimum absolute atomic E-state index is 0.0716. The van der Waals surface area contributed by atoms with Gasteiger partial charge in [-0.2, -0.15) is 0 Å². The lowest BCUT2D eigenvalue weighted by molar-refractivity contribution is -0.117. The summed E-state index contributed by atoms with van der Waals surface area (Å²) in [4.78, 5) is 15.9.